The molecule has 2 unspecified atom stereocenters. The number of rotatable bonds is 11. The van der Waals surface area contributed by atoms with E-state index in [9.17, 15) is 0 Å². The van der Waals surface area contributed by atoms with E-state index in [2.05, 4.69) is 38.2 Å². The van der Waals surface area contributed by atoms with Crippen LogP contribution in [0.5, 0.6) is 5.75 Å². The summed E-state index contributed by atoms with van der Waals surface area (Å²) >= 11 is 0. The second-order valence-corrected chi connectivity index (χ2v) is 5.49. The molecule has 0 aliphatic heterocycles. The minimum absolute atomic E-state index is 0.168. The molecule has 120 valence electrons. The lowest BCUT2D eigenvalue weighted by Crippen LogP contribution is -2.32. The maximum atomic E-state index is 6.02. The Hall–Kier alpha value is -1.06. The molecule has 3 nitrogen and oxygen atoms in total. The van der Waals surface area contributed by atoms with Crippen LogP contribution in [0.3, 0.4) is 0 Å². The standard InChI is InChI=1S/C18H31NO2/c1-5-7-8-14-21-15(3)18(19-13-6-2)16-9-11-17(20-4)12-10-16/h9-12,15,18-19H,5-8,13-14H2,1-4H3. The Balaban J connectivity index is 2.63. The van der Waals surface area contributed by atoms with Crippen molar-refractivity contribution in [3.8, 4) is 5.75 Å². The number of hydrogen-bond donors (Lipinski definition) is 1. The van der Waals surface area contributed by atoms with Crippen LogP contribution in [-0.2, 0) is 4.74 Å². The van der Waals surface area contributed by atoms with E-state index in [-0.39, 0.29) is 12.1 Å². The van der Waals surface area contributed by atoms with Crippen LogP contribution < -0.4 is 10.1 Å². The first kappa shape index (κ1) is 18.0. The predicted octanol–water partition coefficient (Wildman–Crippen LogP) is 4.33. The zero-order valence-corrected chi connectivity index (χ0v) is 14.0. The molecule has 3 heteroatoms. The van der Waals surface area contributed by atoms with Crippen molar-refractivity contribution in [3.05, 3.63) is 29.8 Å². The van der Waals surface area contributed by atoms with Crippen LogP contribution in [0.1, 0.15) is 58.1 Å². The number of unbranched alkanes of at least 4 members (excludes halogenated alkanes) is 2. The highest BCUT2D eigenvalue weighted by Gasteiger charge is 2.19. The van der Waals surface area contributed by atoms with Gasteiger partial charge in [-0.1, -0.05) is 38.8 Å². The molecule has 0 aliphatic rings. The maximum Gasteiger partial charge on any atom is 0.118 e. The molecule has 1 rings (SSSR count). The second-order valence-electron chi connectivity index (χ2n) is 5.49. The fourth-order valence-electron chi connectivity index (χ4n) is 2.38. The van der Waals surface area contributed by atoms with E-state index in [1.54, 1.807) is 7.11 Å². The highest BCUT2D eigenvalue weighted by atomic mass is 16.5. The zero-order chi connectivity index (χ0) is 15.5. The largest absolute Gasteiger partial charge is 0.497 e. The summed E-state index contributed by atoms with van der Waals surface area (Å²) < 4.78 is 11.3. The Kier molecular flexibility index (Phi) is 9.11. The van der Waals surface area contributed by atoms with E-state index in [4.69, 9.17) is 9.47 Å². The Labute approximate surface area is 130 Å². The van der Waals surface area contributed by atoms with Gasteiger partial charge in [-0.3, -0.25) is 0 Å². The van der Waals surface area contributed by atoms with Crippen LogP contribution in [0.4, 0.5) is 0 Å². The molecule has 21 heavy (non-hydrogen) atoms. The van der Waals surface area contributed by atoms with E-state index < -0.39 is 0 Å². The molecule has 0 amide bonds. The lowest BCUT2D eigenvalue weighted by molar-refractivity contribution is 0.0362. The van der Waals surface area contributed by atoms with Crippen molar-refractivity contribution in [3.63, 3.8) is 0 Å². The summed E-state index contributed by atoms with van der Waals surface area (Å²) in [5.41, 5.74) is 1.26. The third-order valence-electron chi connectivity index (χ3n) is 3.69. The highest BCUT2D eigenvalue weighted by Crippen LogP contribution is 2.22. The van der Waals surface area contributed by atoms with Gasteiger partial charge in [0.05, 0.1) is 19.3 Å². The Bertz CT molecular complexity index is 364. The van der Waals surface area contributed by atoms with Crippen LogP contribution in [0.25, 0.3) is 0 Å². The number of hydrogen-bond acceptors (Lipinski definition) is 3. The van der Waals surface area contributed by atoms with Gasteiger partial charge in [0.15, 0.2) is 0 Å². The molecular weight excluding hydrogens is 262 g/mol. The quantitative estimate of drug-likeness (QED) is 0.616. The maximum absolute atomic E-state index is 6.02. The normalized spacial score (nSPS) is 13.9. The fourth-order valence-corrected chi connectivity index (χ4v) is 2.38. The van der Waals surface area contributed by atoms with Crippen molar-refractivity contribution in [2.45, 2.75) is 58.6 Å². The first-order valence-electron chi connectivity index (χ1n) is 8.21. The predicted molar refractivity (Wildman–Crippen MR) is 89.0 cm³/mol. The van der Waals surface area contributed by atoms with Crippen molar-refractivity contribution in [1.29, 1.82) is 0 Å². The molecule has 1 N–H and O–H groups in total. The van der Waals surface area contributed by atoms with E-state index in [1.807, 2.05) is 12.1 Å². The smallest absolute Gasteiger partial charge is 0.118 e. The van der Waals surface area contributed by atoms with E-state index in [0.29, 0.717) is 0 Å². The lowest BCUT2D eigenvalue weighted by Gasteiger charge is -2.26. The van der Waals surface area contributed by atoms with Gasteiger partial charge in [0.2, 0.25) is 0 Å². The molecule has 1 aromatic carbocycles. The Morgan fingerprint density at radius 1 is 1.05 bits per heavy atom. The molecule has 0 aromatic heterocycles. The van der Waals surface area contributed by atoms with Gasteiger partial charge in [-0.15, -0.1) is 0 Å². The van der Waals surface area contributed by atoms with Gasteiger partial charge in [-0.05, 0) is 44.0 Å². The topological polar surface area (TPSA) is 30.5 Å². The number of benzene rings is 1. The van der Waals surface area contributed by atoms with Crippen LogP contribution in [0.2, 0.25) is 0 Å². The molecule has 0 heterocycles. The summed E-state index contributed by atoms with van der Waals surface area (Å²) in [5, 5.41) is 3.60. The molecule has 1 aromatic rings. The van der Waals surface area contributed by atoms with Gasteiger partial charge in [0, 0.05) is 6.61 Å². The van der Waals surface area contributed by atoms with Crippen LogP contribution in [0, 0.1) is 0 Å². The van der Waals surface area contributed by atoms with Gasteiger partial charge in [0.25, 0.3) is 0 Å². The molecule has 2 atom stereocenters. The molecule has 0 saturated carbocycles. The van der Waals surface area contributed by atoms with Crippen LogP contribution >= 0.6 is 0 Å². The van der Waals surface area contributed by atoms with Gasteiger partial charge in [-0.2, -0.15) is 0 Å². The van der Waals surface area contributed by atoms with Gasteiger partial charge in [0.1, 0.15) is 5.75 Å². The molecule has 0 aliphatic carbocycles. The van der Waals surface area contributed by atoms with Crippen LogP contribution in [0.15, 0.2) is 24.3 Å². The van der Waals surface area contributed by atoms with E-state index >= 15 is 0 Å². The van der Waals surface area contributed by atoms with Gasteiger partial charge < -0.3 is 14.8 Å². The van der Waals surface area contributed by atoms with Crippen molar-refractivity contribution in [2.75, 3.05) is 20.3 Å². The third-order valence-corrected chi connectivity index (χ3v) is 3.69. The molecule has 0 saturated heterocycles. The van der Waals surface area contributed by atoms with Crippen LogP contribution in [-0.4, -0.2) is 26.4 Å². The van der Waals surface area contributed by atoms with Gasteiger partial charge in [-0.25, -0.2) is 0 Å². The summed E-state index contributed by atoms with van der Waals surface area (Å²) in [7, 11) is 1.70. The molecular formula is C18H31NO2. The minimum Gasteiger partial charge on any atom is -0.497 e. The highest BCUT2D eigenvalue weighted by molar-refractivity contribution is 5.29. The van der Waals surface area contributed by atoms with Crippen molar-refractivity contribution in [2.24, 2.45) is 0 Å². The lowest BCUT2D eigenvalue weighted by atomic mass is 10.0. The molecule has 0 bridgehead atoms. The first-order chi connectivity index (χ1) is 10.2. The minimum atomic E-state index is 0.168. The summed E-state index contributed by atoms with van der Waals surface area (Å²) in [6.07, 6.45) is 4.90. The fraction of sp³-hybridized carbons (Fsp3) is 0.667. The van der Waals surface area contributed by atoms with Crippen molar-refractivity contribution < 1.29 is 9.47 Å². The Morgan fingerprint density at radius 2 is 1.76 bits per heavy atom. The van der Waals surface area contributed by atoms with Crippen molar-refractivity contribution in [1.82, 2.24) is 5.32 Å². The van der Waals surface area contributed by atoms with Crippen molar-refractivity contribution >= 4 is 0 Å². The van der Waals surface area contributed by atoms with E-state index in [1.165, 1.54) is 18.4 Å². The molecule has 0 spiro atoms. The SMILES string of the molecule is CCCCCOC(C)C(NCCC)c1ccc(OC)cc1. The third kappa shape index (κ3) is 6.49. The summed E-state index contributed by atoms with van der Waals surface area (Å²) in [6.45, 7) is 8.40. The zero-order valence-electron chi connectivity index (χ0n) is 14.0. The summed E-state index contributed by atoms with van der Waals surface area (Å²) in [5.74, 6) is 0.893. The average molecular weight is 293 g/mol. The number of ether oxygens (including phenoxy) is 2. The molecule has 0 radical (unpaired) electrons. The second kappa shape index (κ2) is 10.6. The Morgan fingerprint density at radius 3 is 2.33 bits per heavy atom. The summed E-state index contributed by atoms with van der Waals surface area (Å²) in [4.78, 5) is 0. The molecule has 0 fully saturated rings. The first-order valence-corrected chi connectivity index (χ1v) is 8.21. The monoisotopic (exact) mass is 293 g/mol. The number of nitrogens with one attached hydrogen (secondary N) is 1. The van der Waals surface area contributed by atoms with Gasteiger partial charge >= 0.3 is 0 Å². The summed E-state index contributed by atoms with van der Waals surface area (Å²) in [6, 6.07) is 8.51. The average Bonchev–Trinajstić information content (AvgIpc) is 2.52. The number of methoxy groups -OCH3 is 1. The van der Waals surface area contributed by atoms with E-state index in [0.717, 1.165) is 31.7 Å².